The first-order valence-corrected chi connectivity index (χ1v) is 15.1. The maximum absolute atomic E-state index is 13.1. The van der Waals surface area contributed by atoms with Gasteiger partial charge in [0.1, 0.15) is 23.0 Å². The van der Waals surface area contributed by atoms with E-state index in [9.17, 15) is 24.0 Å². The Hall–Kier alpha value is -4.83. The number of esters is 4. The molecular weight excluding hydrogens is 590 g/mol. The molecule has 0 heterocycles. The molecule has 1 N–H and O–H groups in total. The van der Waals surface area contributed by atoms with Gasteiger partial charge in [-0.05, 0) is 115 Å². The third-order valence-corrected chi connectivity index (χ3v) is 7.11. The molecule has 10 heteroatoms. The second-order valence-electron chi connectivity index (χ2n) is 13.2. The van der Waals surface area contributed by atoms with E-state index in [2.05, 4.69) is 5.32 Å². The molecule has 0 saturated heterocycles. The standard InChI is InChI=1S/C36H39NO9/c1-35(2,3)33(41)45-26-14-10-22(11-15-26)31(39)43-28-18-24(30(38)21-37-25-8-7-9-25)19-29(20-28)44-32(40)23-12-16-27(17-13-23)46-34(42)36(4,5)6/h10-20,25,37H,7-9,21H2,1-6H3. The van der Waals surface area contributed by atoms with Crippen molar-refractivity contribution in [2.75, 3.05) is 6.54 Å². The number of ether oxygens (including phenoxy) is 4. The van der Waals surface area contributed by atoms with Gasteiger partial charge < -0.3 is 24.3 Å². The lowest BCUT2D eigenvalue weighted by Gasteiger charge is -2.26. The van der Waals surface area contributed by atoms with Crippen LogP contribution >= 0.6 is 0 Å². The van der Waals surface area contributed by atoms with E-state index in [1.807, 2.05) is 0 Å². The van der Waals surface area contributed by atoms with Crippen molar-refractivity contribution in [3.8, 4) is 23.0 Å². The number of hydrogen-bond donors (Lipinski definition) is 1. The van der Waals surface area contributed by atoms with E-state index in [-0.39, 0.29) is 58.1 Å². The molecule has 0 spiro atoms. The number of nitrogens with one attached hydrogen (secondary N) is 1. The fourth-order valence-electron chi connectivity index (χ4n) is 3.97. The van der Waals surface area contributed by atoms with E-state index in [1.165, 1.54) is 66.7 Å². The van der Waals surface area contributed by atoms with Crippen molar-refractivity contribution in [1.29, 1.82) is 0 Å². The fraction of sp³-hybridized carbons (Fsp3) is 0.361. The molecule has 1 aliphatic rings. The zero-order chi connectivity index (χ0) is 33.6. The molecule has 1 fully saturated rings. The van der Waals surface area contributed by atoms with E-state index in [0.717, 1.165) is 19.3 Å². The van der Waals surface area contributed by atoms with E-state index in [0.29, 0.717) is 0 Å². The Morgan fingerprint density at radius 1 is 0.587 bits per heavy atom. The molecule has 0 atom stereocenters. The minimum Gasteiger partial charge on any atom is -0.426 e. The Bertz CT molecular complexity index is 1500. The van der Waals surface area contributed by atoms with Crippen molar-refractivity contribution < 1.29 is 42.9 Å². The summed E-state index contributed by atoms with van der Waals surface area (Å²) in [6, 6.07) is 16.2. The molecule has 0 bridgehead atoms. The molecule has 0 radical (unpaired) electrons. The highest BCUT2D eigenvalue weighted by Crippen LogP contribution is 2.27. The van der Waals surface area contributed by atoms with Gasteiger partial charge in [0.25, 0.3) is 0 Å². The average Bonchev–Trinajstić information content (AvgIpc) is 2.95. The first-order chi connectivity index (χ1) is 21.6. The molecule has 0 unspecified atom stereocenters. The minimum absolute atomic E-state index is 0.00466. The molecule has 3 aromatic carbocycles. The molecule has 0 aromatic heterocycles. The van der Waals surface area contributed by atoms with Crippen LogP contribution in [0, 0.1) is 10.8 Å². The van der Waals surface area contributed by atoms with Gasteiger partial charge in [-0.2, -0.15) is 0 Å². The van der Waals surface area contributed by atoms with E-state index in [4.69, 9.17) is 18.9 Å². The highest BCUT2D eigenvalue weighted by molar-refractivity contribution is 5.99. The SMILES string of the molecule is CC(C)(C)C(=O)Oc1ccc(C(=O)Oc2cc(OC(=O)c3ccc(OC(=O)C(C)(C)C)cc3)cc(C(=O)CNC3CCC3)c2)cc1. The molecule has 1 saturated carbocycles. The lowest BCUT2D eigenvalue weighted by Crippen LogP contribution is -2.38. The number of carbonyl (C=O) groups excluding carboxylic acids is 5. The van der Waals surface area contributed by atoms with Gasteiger partial charge >= 0.3 is 23.9 Å². The highest BCUT2D eigenvalue weighted by atomic mass is 16.6. The fourth-order valence-corrected chi connectivity index (χ4v) is 3.97. The van der Waals surface area contributed by atoms with Crippen molar-refractivity contribution in [2.45, 2.75) is 66.8 Å². The summed E-state index contributed by atoms with van der Waals surface area (Å²) in [5.74, 6) is -2.03. The van der Waals surface area contributed by atoms with Crippen LogP contribution in [0.3, 0.4) is 0 Å². The minimum atomic E-state index is -0.733. The molecule has 0 aliphatic heterocycles. The number of ketones is 1. The van der Waals surface area contributed by atoms with Crippen LogP contribution in [0.25, 0.3) is 0 Å². The Labute approximate surface area is 268 Å². The average molecular weight is 630 g/mol. The van der Waals surface area contributed by atoms with Gasteiger partial charge in [-0.3, -0.25) is 14.4 Å². The summed E-state index contributed by atoms with van der Waals surface area (Å²) in [5.41, 5.74) is -0.860. The maximum Gasteiger partial charge on any atom is 0.343 e. The highest BCUT2D eigenvalue weighted by Gasteiger charge is 2.25. The van der Waals surface area contributed by atoms with Gasteiger partial charge in [0, 0.05) is 17.7 Å². The number of hydrogen-bond acceptors (Lipinski definition) is 10. The molecule has 10 nitrogen and oxygen atoms in total. The topological polar surface area (TPSA) is 134 Å². The molecule has 46 heavy (non-hydrogen) atoms. The number of benzene rings is 3. The van der Waals surface area contributed by atoms with Crippen molar-refractivity contribution in [3.63, 3.8) is 0 Å². The first-order valence-electron chi connectivity index (χ1n) is 15.1. The van der Waals surface area contributed by atoms with Crippen LogP contribution in [-0.4, -0.2) is 42.2 Å². The summed E-state index contributed by atoms with van der Waals surface area (Å²) >= 11 is 0. The molecular formula is C36H39NO9. The van der Waals surface area contributed by atoms with Gasteiger partial charge in [0.2, 0.25) is 0 Å². The Morgan fingerprint density at radius 2 is 1.00 bits per heavy atom. The number of rotatable bonds is 10. The van der Waals surface area contributed by atoms with Crippen LogP contribution in [0.2, 0.25) is 0 Å². The smallest absolute Gasteiger partial charge is 0.343 e. The van der Waals surface area contributed by atoms with Crippen molar-refractivity contribution in [1.82, 2.24) is 5.32 Å². The molecule has 3 aromatic rings. The predicted molar refractivity (Wildman–Crippen MR) is 169 cm³/mol. The third kappa shape index (κ3) is 9.34. The maximum atomic E-state index is 13.1. The van der Waals surface area contributed by atoms with E-state index < -0.39 is 34.7 Å². The predicted octanol–water partition coefficient (Wildman–Crippen LogP) is 6.35. The molecule has 242 valence electrons. The largest absolute Gasteiger partial charge is 0.426 e. The van der Waals surface area contributed by atoms with Crippen LogP contribution in [0.15, 0.2) is 66.7 Å². The van der Waals surface area contributed by atoms with Crippen LogP contribution in [-0.2, 0) is 9.59 Å². The lowest BCUT2D eigenvalue weighted by atomic mass is 9.93. The van der Waals surface area contributed by atoms with Crippen LogP contribution in [0.5, 0.6) is 23.0 Å². The molecule has 4 rings (SSSR count). The summed E-state index contributed by atoms with van der Waals surface area (Å²) in [6.45, 7) is 10.5. The summed E-state index contributed by atoms with van der Waals surface area (Å²) < 4.78 is 21.8. The van der Waals surface area contributed by atoms with E-state index in [1.54, 1.807) is 41.5 Å². The quantitative estimate of drug-likeness (QED) is 0.154. The van der Waals surface area contributed by atoms with Crippen LogP contribution in [0.1, 0.15) is 91.9 Å². The Balaban J connectivity index is 1.50. The van der Waals surface area contributed by atoms with Crippen molar-refractivity contribution in [2.24, 2.45) is 10.8 Å². The second-order valence-corrected chi connectivity index (χ2v) is 13.2. The Morgan fingerprint density at radius 3 is 1.35 bits per heavy atom. The van der Waals surface area contributed by atoms with Gasteiger partial charge in [-0.25, -0.2) is 9.59 Å². The third-order valence-electron chi connectivity index (χ3n) is 7.11. The van der Waals surface area contributed by atoms with Crippen molar-refractivity contribution in [3.05, 3.63) is 83.4 Å². The van der Waals surface area contributed by atoms with Gasteiger partial charge in [0.05, 0.1) is 28.5 Å². The Kier molecular flexibility index (Phi) is 10.4. The summed E-state index contributed by atoms with van der Waals surface area (Å²) in [7, 11) is 0. The molecule has 0 amide bonds. The van der Waals surface area contributed by atoms with Crippen LogP contribution in [0.4, 0.5) is 0 Å². The first kappa shape index (κ1) is 34.1. The summed E-state index contributed by atoms with van der Waals surface area (Å²) in [4.78, 5) is 63.4. The van der Waals surface area contributed by atoms with Crippen LogP contribution < -0.4 is 24.3 Å². The number of Topliss-reactive ketones (excluding diaryl/α,β-unsaturated/α-hetero) is 1. The lowest BCUT2D eigenvalue weighted by molar-refractivity contribution is -0.143. The zero-order valence-electron chi connectivity index (χ0n) is 26.9. The van der Waals surface area contributed by atoms with Crippen molar-refractivity contribution >= 4 is 29.7 Å². The zero-order valence-corrected chi connectivity index (χ0v) is 26.9. The monoisotopic (exact) mass is 629 g/mol. The number of carbonyl (C=O) groups is 5. The van der Waals surface area contributed by atoms with Gasteiger partial charge in [0.15, 0.2) is 5.78 Å². The summed E-state index contributed by atoms with van der Waals surface area (Å²) in [5, 5.41) is 3.21. The summed E-state index contributed by atoms with van der Waals surface area (Å²) in [6.07, 6.45) is 3.10. The second kappa shape index (κ2) is 14.1. The van der Waals surface area contributed by atoms with Gasteiger partial charge in [-0.1, -0.05) is 6.42 Å². The van der Waals surface area contributed by atoms with E-state index >= 15 is 0 Å². The normalized spacial score (nSPS) is 13.3. The van der Waals surface area contributed by atoms with Gasteiger partial charge in [-0.15, -0.1) is 0 Å². The molecule has 1 aliphatic carbocycles.